The Morgan fingerprint density at radius 1 is 1.03 bits per heavy atom. The van der Waals surface area contributed by atoms with Crippen molar-refractivity contribution in [1.82, 2.24) is 15.6 Å². The van der Waals surface area contributed by atoms with Gasteiger partial charge in [0, 0.05) is 23.7 Å². The highest BCUT2D eigenvalue weighted by Gasteiger charge is 2.24. The minimum Gasteiger partial charge on any atom is -0.491 e. The van der Waals surface area contributed by atoms with Gasteiger partial charge in [-0.1, -0.05) is 50.2 Å². The number of fused-ring (bicyclic) bond motifs is 1. The molecule has 0 fully saturated rings. The van der Waals surface area contributed by atoms with Crippen molar-refractivity contribution in [3.63, 3.8) is 0 Å². The number of aryl methyl sites for hydroxylation is 1. The molecule has 0 aliphatic carbocycles. The number of hydrogen-bond donors (Lipinski definition) is 2. The van der Waals surface area contributed by atoms with Crippen LogP contribution in [0.2, 0.25) is 0 Å². The molecule has 0 aliphatic rings. The highest BCUT2D eigenvalue weighted by atomic mass is 16.5. The predicted molar refractivity (Wildman–Crippen MR) is 122 cm³/mol. The number of benzene rings is 2. The van der Waals surface area contributed by atoms with Gasteiger partial charge in [0.25, 0.3) is 5.91 Å². The number of rotatable bonds is 9. The van der Waals surface area contributed by atoms with E-state index >= 15 is 0 Å². The van der Waals surface area contributed by atoms with Crippen molar-refractivity contribution in [1.29, 1.82) is 0 Å². The second-order valence-corrected chi connectivity index (χ2v) is 7.83. The van der Waals surface area contributed by atoms with Crippen LogP contribution in [0.5, 0.6) is 5.75 Å². The first-order valence-corrected chi connectivity index (χ1v) is 10.6. The van der Waals surface area contributed by atoms with Crippen LogP contribution in [0.25, 0.3) is 10.9 Å². The highest BCUT2D eigenvalue weighted by molar-refractivity contribution is 5.98. The molecule has 0 saturated heterocycles. The van der Waals surface area contributed by atoms with Crippen LogP contribution < -0.4 is 15.4 Å². The fraction of sp³-hybridized carbons (Fsp3) is 0.320. The molecule has 0 bridgehead atoms. The van der Waals surface area contributed by atoms with Crippen LogP contribution in [-0.4, -0.2) is 36.0 Å². The number of amides is 2. The maximum absolute atomic E-state index is 12.7. The van der Waals surface area contributed by atoms with Crippen LogP contribution in [0.4, 0.5) is 0 Å². The van der Waals surface area contributed by atoms with Crippen molar-refractivity contribution in [3.05, 3.63) is 71.9 Å². The summed E-state index contributed by atoms with van der Waals surface area (Å²) in [4.78, 5) is 29.7. The van der Waals surface area contributed by atoms with Crippen LogP contribution in [0.15, 0.2) is 60.8 Å². The highest BCUT2D eigenvalue weighted by Crippen LogP contribution is 2.22. The quantitative estimate of drug-likeness (QED) is 0.516. The molecule has 3 rings (SSSR count). The van der Waals surface area contributed by atoms with E-state index in [9.17, 15) is 9.59 Å². The van der Waals surface area contributed by atoms with E-state index in [-0.39, 0.29) is 17.7 Å². The second-order valence-electron chi connectivity index (χ2n) is 7.83. The van der Waals surface area contributed by atoms with E-state index in [0.717, 1.165) is 22.2 Å². The van der Waals surface area contributed by atoms with Crippen LogP contribution in [-0.2, 0) is 4.79 Å². The molecule has 0 saturated carbocycles. The molecule has 2 aromatic carbocycles. The molecule has 1 aromatic heterocycles. The normalized spacial score (nSPS) is 11.9. The summed E-state index contributed by atoms with van der Waals surface area (Å²) in [7, 11) is 0. The Morgan fingerprint density at radius 3 is 2.58 bits per heavy atom. The summed E-state index contributed by atoms with van der Waals surface area (Å²) < 4.78 is 5.86. The molecule has 31 heavy (non-hydrogen) atoms. The zero-order valence-corrected chi connectivity index (χ0v) is 18.2. The van der Waals surface area contributed by atoms with Gasteiger partial charge in [0.15, 0.2) is 0 Å². The summed E-state index contributed by atoms with van der Waals surface area (Å²) >= 11 is 0. The van der Waals surface area contributed by atoms with Crippen molar-refractivity contribution in [3.8, 4) is 5.75 Å². The Hall–Kier alpha value is -3.41. The number of para-hydroxylation sites is 1. The van der Waals surface area contributed by atoms with Crippen LogP contribution in [0.1, 0.15) is 36.2 Å². The Bertz CT molecular complexity index is 1040. The van der Waals surface area contributed by atoms with Gasteiger partial charge in [-0.3, -0.25) is 14.6 Å². The first-order valence-electron chi connectivity index (χ1n) is 10.6. The van der Waals surface area contributed by atoms with Gasteiger partial charge in [0.2, 0.25) is 5.91 Å². The molecule has 2 N–H and O–H groups in total. The van der Waals surface area contributed by atoms with Crippen LogP contribution in [0, 0.1) is 12.8 Å². The van der Waals surface area contributed by atoms with E-state index in [1.165, 1.54) is 0 Å². The molecule has 3 aromatic rings. The number of pyridine rings is 1. The largest absolute Gasteiger partial charge is 0.491 e. The van der Waals surface area contributed by atoms with Gasteiger partial charge in [0.05, 0.1) is 6.61 Å². The Labute approximate surface area is 183 Å². The lowest BCUT2D eigenvalue weighted by atomic mass is 10.0. The minimum atomic E-state index is -0.602. The van der Waals surface area contributed by atoms with Gasteiger partial charge in [-0.2, -0.15) is 0 Å². The minimum absolute atomic E-state index is 0.0361. The van der Waals surface area contributed by atoms with Gasteiger partial charge < -0.3 is 15.4 Å². The third-order valence-corrected chi connectivity index (χ3v) is 5.10. The summed E-state index contributed by atoms with van der Waals surface area (Å²) in [6.07, 6.45) is 2.39. The summed E-state index contributed by atoms with van der Waals surface area (Å²) in [6.45, 7) is 6.63. The Balaban J connectivity index is 1.49. The first kappa shape index (κ1) is 22.3. The molecule has 1 heterocycles. The van der Waals surface area contributed by atoms with E-state index in [1.807, 2.05) is 69.3 Å². The average molecular weight is 420 g/mol. The predicted octanol–water partition coefficient (Wildman–Crippen LogP) is 3.88. The Kier molecular flexibility index (Phi) is 7.60. The molecule has 6 nitrogen and oxygen atoms in total. The molecule has 162 valence electrons. The first-order chi connectivity index (χ1) is 15.0. The van der Waals surface area contributed by atoms with E-state index in [1.54, 1.807) is 12.3 Å². The summed E-state index contributed by atoms with van der Waals surface area (Å²) in [6, 6.07) is 16.5. The Morgan fingerprint density at radius 2 is 1.81 bits per heavy atom. The molecule has 1 unspecified atom stereocenters. The SMILES string of the molecule is Cc1ccccc1C(=O)NC(C(=O)NCCCOc1cccc2cccnc12)C(C)C. The van der Waals surface area contributed by atoms with E-state index in [2.05, 4.69) is 15.6 Å². The van der Waals surface area contributed by atoms with Crippen LogP contribution in [0.3, 0.4) is 0 Å². The van der Waals surface area contributed by atoms with Crippen molar-refractivity contribution in [2.45, 2.75) is 33.2 Å². The lowest BCUT2D eigenvalue weighted by molar-refractivity contribution is -0.123. The van der Waals surface area contributed by atoms with Gasteiger partial charge in [-0.25, -0.2) is 0 Å². The summed E-state index contributed by atoms with van der Waals surface area (Å²) in [5.74, 6) is 0.267. The van der Waals surface area contributed by atoms with E-state index in [0.29, 0.717) is 25.1 Å². The topological polar surface area (TPSA) is 80.3 Å². The lowest BCUT2D eigenvalue weighted by Crippen LogP contribution is -2.50. The zero-order valence-electron chi connectivity index (χ0n) is 18.2. The van der Waals surface area contributed by atoms with Gasteiger partial charge in [-0.15, -0.1) is 0 Å². The van der Waals surface area contributed by atoms with Crippen molar-refractivity contribution in [2.24, 2.45) is 5.92 Å². The molecule has 0 radical (unpaired) electrons. The fourth-order valence-electron chi connectivity index (χ4n) is 3.35. The molecule has 0 aliphatic heterocycles. The molecule has 0 spiro atoms. The summed E-state index contributed by atoms with van der Waals surface area (Å²) in [5.41, 5.74) is 2.29. The molecule has 6 heteroatoms. The molecular formula is C25H29N3O3. The smallest absolute Gasteiger partial charge is 0.252 e. The van der Waals surface area contributed by atoms with Gasteiger partial charge in [-0.05, 0) is 43.0 Å². The maximum Gasteiger partial charge on any atom is 0.252 e. The number of carbonyl (C=O) groups is 2. The number of aromatic nitrogens is 1. The van der Waals surface area contributed by atoms with E-state index in [4.69, 9.17) is 4.74 Å². The van der Waals surface area contributed by atoms with Crippen molar-refractivity contribution < 1.29 is 14.3 Å². The number of hydrogen-bond acceptors (Lipinski definition) is 4. The zero-order chi connectivity index (χ0) is 22.2. The third-order valence-electron chi connectivity index (χ3n) is 5.10. The number of nitrogens with zero attached hydrogens (tertiary/aromatic N) is 1. The van der Waals surface area contributed by atoms with Crippen molar-refractivity contribution >= 4 is 22.7 Å². The average Bonchev–Trinajstić information content (AvgIpc) is 2.77. The lowest BCUT2D eigenvalue weighted by Gasteiger charge is -2.22. The number of nitrogens with one attached hydrogen (secondary N) is 2. The maximum atomic E-state index is 12.7. The van der Waals surface area contributed by atoms with Gasteiger partial charge >= 0.3 is 0 Å². The summed E-state index contributed by atoms with van der Waals surface area (Å²) in [5, 5.41) is 6.80. The number of carbonyl (C=O) groups excluding carboxylic acids is 2. The van der Waals surface area contributed by atoms with Crippen LogP contribution >= 0.6 is 0 Å². The number of ether oxygens (including phenoxy) is 1. The van der Waals surface area contributed by atoms with Gasteiger partial charge in [0.1, 0.15) is 17.3 Å². The molecule has 1 atom stereocenters. The monoisotopic (exact) mass is 419 g/mol. The third kappa shape index (κ3) is 5.81. The second kappa shape index (κ2) is 10.6. The molecule has 2 amide bonds. The fourth-order valence-corrected chi connectivity index (χ4v) is 3.35. The van der Waals surface area contributed by atoms with Crippen molar-refractivity contribution in [2.75, 3.05) is 13.2 Å². The molecular weight excluding hydrogens is 390 g/mol. The van der Waals surface area contributed by atoms with E-state index < -0.39 is 6.04 Å². The standard InChI is InChI=1S/C25H29N3O3/c1-17(2)22(28-24(29)20-12-5-4-9-18(20)3)25(30)27-15-8-16-31-21-13-6-10-19-11-7-14-26-23(19)21/h4-7,9-14,17,22H,8,15-16H2,1-3H3,(H,27,30)(H,28,29).